The monoisotopic (exact) mass is 291 g/mol. The molecule has 0 aliphatic carbocycles. The number of rotatable bonds is 4. The van der Waals surface area contributed by atoms with Crippen molar-refractivity contribution in [2.24, 2.45) is 0 Å². The number of para-hydroxylation sites is 1. The van der Waals surface area contributed by atoms with E-state index < -0.39 is 16.0 Å². The van der Waals surface area contributed by atoms with E-state index in [4.69, 9.17) is 4.42 Å². The average Bonchev–Trinajstić information content (AvgIpc) is 2.86. The van der Waals surface area contributed by atoms with E-state index in [1.807, 2.05) is 31.2 Å². The fourth-order valence-electron chi connectivity index (χ4n) is 1.82. The van der Waals surface area contributed by atoms with Crippen molar-refractivity contribution in [3.05, 3.63) is 47.9 Å². The molecule has 20 heavy (non-hydrogen) atoms. The van der Waals surface area contributed by atoms with E-state index in [1.54, 1.807) is 19.9 Å². The van der Waals surface area contributed by atoms with Crippen molar-refractivity contribution in [2.75, 3.05) is 5.32 Å². The van der Waals surface area contributed by atoms with Gasteiger partial charge in [-0.1, -0.05) is 18.2 Å². The van der Waals surface area contributed by atoms with Gasteiger partial charge in [0.2, 0.25) is 5.91 Å². The van der Waals surface area contributed by atoms with Crippen LogP contribution in [0.2, 0.25) is 0 Å². The molecule has 5 heteroatoms. The highest BCUT2D eigenvalue weighted by Crippen LogP contribution is 2.19. The van der Waals surface area contributed by atoms with E-state index in [9.17, 15) is 9.00 Å². The van der Waals surface area contributed by atoms with Crippen molar-refractivity contribution in [2.45, 2.75) is 30.9 Å². The molecule has 0 radical (unpaired) electrons. The summed E-state index contributed by atoms with van der Waals surface area (Å²) in [6, 6.07) is 9.14. The summed E-state index contributed by atoms with van der Waals surface area (Å²) in [6.07, 6.45) is 1.48. The maximum absolute atomic E-state index is 12.3. The Morgan fingerprint density at radius 2 is 1.95 bits per heavy atom. The van der Waals surface area contributed by atoms with Crippen LogP contribution in [0.3, 0.4) is 0 Å². The van der Waals surface area contributed by atoms with Gasteiger partial charge in [0.25, 0.3) is 0 Å². The van der Waals surface area contributed by atoms with Crippen LogP contribution in [0.15, 0.2) is 45.9 Å². The summed E-state index contributed by atoms with van der Waals surface area (Å²) in [5.74, 6) is 0.317. The zero-order chi connectivity index (χ0) is 14.7. The number of aryl methyl sites for hydroxylation is 2. The summed E-state index contributed by atoms with van der Waals surface area (Å²) in [7, 11) is -1.42. The smallest absolute Gasteiger partial charge is 0.240 e. The third-order valence-corrected chi connectivity index (χ3v) is 4.83. The number of furan rings is 1. The van der Waals surface area contributed by atoms with Crippen LogP contribution in [0.4, 0.5) is 5.69 Å². The molecular weight excluding hydrogens is 274 g/mol. The Kier molecular flexibility index (Phi) is 4.39. The summed E-state index contributed by atoms with van der Waals surface area (Å²) >= 11 is 0. The van der Waals surface area contributed by atoms with Crippen LogP contribution in [-0.4, -0.2) is 15.4 Å². The summed E-state index contributed by atoms with van der Waals surface area (Å²) in [5, 5.41) is 2.16. The minimum atomic E-state index is -1.42. The number of hydrogen-bond acceptors (Lipinski definition) is 3. The lowest BCUT2D eigenvalue weighted by atomic mass is 10.2. The van der Waals surface area contributed by atoms with Crippen molar-refractivity contribution in [3.8, 4) is 0 Å². The largest absolute Gasteiger partial charge is 0.468 e. The van der Waals surface area contributed by atoms with E-state index in [-0.39, 0.29) is 5.91 Å². The highest BCUT2D eigenvalue weighted by atomic mass is 32.2. The molecule has 0 aliphatic heterocycles. The summed E-state index contributed by atoms with van der Waals surface area (Å²) in [6.45, 7) is 5.30. The molecule has 2 unspecified atom stereocenters. The van der Waals surface area contributed by atoms with Crippen molar-refractivity contribution in [1.82, 2.24) is 0 Å². The highest BCUT2D eigenvalue weighted by Gasteiger charge is 2.24. The first-order chi connectivity index (χ1) is 9.50. The molecule has 0 fully saturated rings. The zero-order valence-electron chi connectivity index (χ0n) is 11.7. The molecule has 0 saturated carbocycles. The van der Waals surface area contributed by atoms with Crippen LogP contribution in [0.1, 0.15) is 18.2 Å². The minimum Gasteiger partial charge on any atom is -0.468 e. The Hall–Kier alpha value is -1.88. The molecule has 2 aromatic rings. The number of carbonyl (C=O) groups is 1. The first kappa shape index (κ1) is 14.5. The second kappa shape index (κ2) is 6.05. The van der Waals surface area contributed by atoms with Crippen LogP contribution >= 0.6 is 0 Å². The molecule has 0 spiro atoms. The zero-order valence-corrected chi connectivity index (χ0v) is 12.5. The van der Waals surface area contributed by atoms with Gasteiger partial charge in [-0.25, -0.2) is 0 Å². The van der Waals surface area contributed by atoms with Gasteiger partial charge < -0.3 is 9.73 Å². The second-order valence-corrected chi connectivity index (χ2v) is 6.33. The highest BCUT2D eigenvalue weighted by molar-refractivity contribution is 7.86. The van der Waals surface area contributed by atoms with Crippen LogP contribution in [0.5, 0.6) is 0 Å². The van der Waals surface area contributed by atoms with Crippen LogP contribution < -0.4 is 5.32 Å². The van der Waals surface area contributed by atoms with Crippen LogP contribution in [0.25, 0.3) is 0 Å². The fourth-order valence-corrected chi connectivity index (χ4v) is 2.97. The normalized spacial score (nSPS) is 13.8. The Morgan fingerprint density at radius 1 is 1.25 bits per heavy atom. The number of amides is 1. The summed E-state index contributed by atoms with van der Waals surface area (Å²) in [5.41, 5.74) is 1.71. The molecule has 1 aromatic carbocycles. The van der Waals surface area contributed by atoms with E-state index in [0.29, 0.717) is 10.7 Å². The van der Waals surface area contributed by atoms with E-state index in [1.165, 1.54) is 6.26 Å². The molecule has 0 saturated heterocycles. The topological polar surface area (TPSA) is 59.3 Å². The second-order valence-electron chi connectivity index (χ2n) is 4.58. The predicted octanol–water partition coefficient (Wildman–Crippen LogP) is 3.03. The molecule has 1 amide bonds. The van der Waals surface area contributed by atoms with Gasteiger partial charge in [-0.15, -0.1) is 0 Å². The fraction of sp³-hybridized carbons (Fsp3) is 0.267. The van der Waals surface area contributed by atoms with Crippen molar-refractivity contribution < 1.29 is 13.4 Å². The van der Waals surface area contributed by atoms with Crippen molar-refractivity contribution in [3.63, 3.8) is 0 Å². The molecule has 106 valence electrons. The first-order valence-electron chi connectivity index (χ1n) is 6.32. The average molecular weight is 291 g/mol. The minimum absolute atomic E-state index is 0.266. The van der Waals surface area contributed by atoms with E-state index in [2.05, 4.69) is 5.32 Å². The van der Waals surface area contributed by atoms with Gasteiger partial charge in [-0.3, -0.25) is 9.00 Å². The Bertz CT molecular complexity index is 648. The van der Waals surface area contributed by atoms with Gasteiger partial charge in [0, 0.05) is 5.69 Å². The summed E-state index contributed by atoms with van der Waals surface area (Å²) < 4.78 is 17.5. The molecule has 0 bridgehead atoms. The molecule has 1 N–H and O–H groups in total. The summed E-state index contributed by atoms with van der Waals surface area (Å²) in [4.78, 5) is 12.7. The van der Waals surface area contributed by atoms with Gasteiger partial charge in [-0.2, -0.15) is 0 Å². The number of nitrogens with one attached hydrogen (secondary N) is 1. The molecule has 1 heterocycles. The third-order valence-electron chi connectivity index (χ3n) is 3.12. The van der Waals surface area contributed by atoms with Gasteiger partial charge in [0.1, 0.15) is 11.0 Å². The third kappa shape index (κ3) is 2.99. The lowest BCUT2D eigenvalue weighted by Crippen LogP contribution is -2.29. The molecule has 4 nitrogen and oxygen atoms in total. The van der Waals surface area contributed by atoms with E-state index >= 15 is 0 Å². The molecule has 1 aromatic heterocycles. The van der Waals surface area contributed by atoms with Gasteiger partial charge in [0.15, 0.2) is 0 Å². The molecule has 2 rings (SSSR count). The van der Waals surface area contributed by atoms with E-state index in [0.717, 1.165) is 11.3 Å². The quantitative estimate of drug-likeness (QED) is 0.942. The lowest BCUT2D eigenvalue weighted by Gasteiger charge is -2.13. The van der Waals surface area contributed by atoms with Crippen LogP contribution in [0, 0.1) is 13.8 Å². The van der Waals surface area contributed by atoms with Gasteiger partial charge >= 0.3 is 0 Å². The maximum atomic E-state index is 12.3. The standard InChI is InChI=1S/C15H17NO3S/c1-10-6-4-5-7-13(10)16-15(17)12(3)20(18)14-8-9-19-11(14)2/h4-9,12H,1-3H3,(H,16,17). The van der Waals surface area contributed by atoms with Crippen molar-refractivity contribution >= 4 is 22.4 Å². The molecule has 2 atom stereocenters. The first-order valence-corrected chi connectivity index (χ1v) is 7.53. The number of anilines is 1. The van der Waals surface area contributed by atoms with Gasteiger partial charge in [-0.05, 0) is 38.5 Å². The molecular formula is C15H17NO3S. The Labute approximate surface area is 120 Å². The Balaban J connectivity index is 2.12. The lowest BCUT2D eigenvalue weighted by molar-refractivity contribution is -0.115. The van der Waals surface area contributed by atoms with Gasteiger partial charge in [0.05, 0.1) is 22.0 Å². The number of benzene rings is 1. The maximum Gasteiger partial charge on any atom is 0.240 e. The van der Waals surface area contributed by atoms with Crippen LogP contribution in [-0.2, 0) is 15.6 Å². The molecule has 0 aliphatic rings. The van der Waals surface area contributed by atoms with Crippen molar-refractivity contribution in [1.29, 1.82) is 0 Å². The SMILES string of the molecule is Cc1ccccc1NC(=O)C(C)S(=O)c1ccoc1C. The number of carbonyl (C=O) groups excluding carboxylic acids is 1. The predicted molar refractivity (Wildman–Crippen MR) is 79.1 cm³/mol. The number of hydrogen-bond donors (Lipinski definition) is 1. The Morgan fingerprint density at radius 3 is 2.55 bits per heavy atom.